The van der Waals surface area contributed by atoms with Gasteiger partial charge < -0.3 is 5.11 Å². The number of carboxylic acid groups (broad SMARTS) is 1. The first kappa shape index (κ1) is 15.9. The van der Waals surface area contributed by atoms with E-state index in [2.05, 4.69) is 14.7 Å². The summed E-state index contributed by atoms with van der Waals surface area (Å²) < 4.78 is 26.9. The molecule has 1 heterocycles. The number of aromatic carboxylic acids is 1. The Hall–Kier alpha value is -1.46. The van der Waals surface area contributed by atoms with E-state index in [4.69, 9.17) is 16.7 Å². The number of hydrogen-bond donors (Lipinski definition) is 2. The predicted octanol–water partition coefficient (Wildman–Crippen LogP) is 2.23. The van der Waals surface area contributed by atoms with Gasteiger partial charge in [0.15, 0.2) is 0 Å². The van der Waals surface area contributed by atoms with Crippen LogP contribution in [-0.2, 0) is 10.0 Å². The van der Waals surface area contributed by atoms with Gasteiger partial charge in [0.1, 0.15) is 5.15 Å². The minimum atomic E-state index is -4.00. The molecule has 7 nitrogen and oxygen atoms in total. The molecule has 0 unspecified atom stereocenters. The van der Waals surface area contributed by atoms with Gasteiger partial charge in [-0.2, -0.15) is 0 Å². The molecule has 0 fully saturated rings. The van der Waals surface area contributed by atoms with Crippen molar-refractivity contribution in [3.63, 3.8) is 0 Å². The average molecular weight is 440 g/mol. The third-order valence-electron chi connectivity index (χ3n) is 2.33. The van der Waals surface area contributed by atoms with E-state index in [0.717, 1.165) is 6.07 Å². The lowest BCUT2D eigenvalue weighted by molar-refractivity contribution is 0.0695. The molecule has 0 aliphatic heterocycles. The van der Waals surface area contributed by atoms with Crippen LogP contribution in [-0.4, -0.2) is 29.5 Å². The second-order valence-corrected chi connectivity index (χ2v) is 6.99. The molecule has 1 aromatic carbocycles. The average Bonchev–Trinajstić information content (AvgIpc) is 2.38. The number of carbonyl (C=O) groups is 1. The van der Waals surface area contributed by atoms with Crippen LogP contribution in [0.1, 0.15) is 10.4 Å². The van der Waals surface area contributed by atoms with Crippen LogP contribution in [0.15, 0.2) is 35.4 Å². The molecule has 0 saturated heterocycles. The second kappa shape index (κ2) is 6.12. The van der Waals surface area contributed by atoms with Gasteiger partial charge in [-0.05, 0) is 46.9 Å². The maximum Gasteiger partial charge on any atom is 0.336 e. The summed E-state index contributed by atoms with van der Waals surface area (Å²) in [7, 11) is -4.00. The Morgan fingerprint density at radius 2 is 2.05 bits per heavy atom. The number of nitrogens with one attached hydrogen (secondary N) is 1. The second-order valence-electron chi connectivity index (χ2n) is 3.76. The van der Waals surface area contributed by atoms with Crippen LogP contribution in [0.4, 0.5) is 5.95 Å². The van der Waals surface area contributed by atoms with E-state index in [0.29, 0.717) is 3.57 Å². The van der Waals surface area contributed by atoms with Gasteiger partial charge in [0.2, 0.25) is 5.95 Å². The van der Waals surface area contributed by atoms with Crippen molar-refractivity contribution in [2.45, 2.75) is 4.90 Å². The molecular formula is C11H7ClIN3O4S. The molecule has 21 heavy (non-hydrogen) atoms. The predicted molar refractivity (Wildman–Crippen MR) is 84.0 cm³/mol. The van der Waals surface area contributed by atoms with Crippen molar-refractivity contribution in [2.75, 3.05) is 4.72 Å². The highest BCUT2D eigenvalue weighted by Gasteiger charge is 2.19. The first-order valence-electron chi connectivity index (χ1n) is 5.34. The zero-order valence-corrected chi connectivity index (χ0v) is 13.8. The van der Waals surface area contributed by atoms with Crippen molar-refractivity contribution in [1.29, 1.82) is 0 Å². The highest BCUT2D eigenvalue weighted by molar-refractivity contribution is 14.1. The lowest BCUT2D eigenvalue weighted by atomic mass is 10.2. The molecule has 10 heteroatoms. The Labute approximate surface area is 138 Å². The van der Waals surface area contributed by atoms with Crippen molar-refractivity contribution in [2.24, 2.45) is 0 Å². The van der Waals surface area contributed by atoms with E-state index < -0.39 is 16.0 Å². The number of halogens is 2. The molecule has 0 bridgehead atoms. The normalized spacial score (nSPS) is 11.1. The molecular weight excluding hydrogens is 433 g/mol. The topological polar surface area (TPSA) is 109 Å². The molecule has 2 aromatic rings. The molecule has 0 aliphatic carbocycles. The summed E-state index contributed by atoms with van der Waals surface area (Å²) in [6.45, 7) is 0. The van der Waals surface area contributed by atoms with Crippen molar-refractivity contribution in [3.05, 3.63) is 44.7 Å². The Balaban J connectivity index is 2.40. The third-order valence-corrected chi connectivity index (χ3v) is 4.80. The van der Waals surface area contributed by atoms with Gasteiger partial charge in [0.25, 0.3) is 10.0 Å². The number of carboxylic acids is 1. The van der Waals surface area contributed by atoms with E-state index >= 15 is 0 Å². The number of aromatic nitrogens is 2. The molecule has 0 radical (unpaired) electrons. The standard InChI is InChI=1S/C11H7ClIN3O4S/c12-9-3-4-14-11(15-9)16-21(19,20)6-1-2-8(13)7(5-6)10(17)18/h1-5H,(H,17,18)(H,14,15,16). The summed E-state index contributed by atoms with van der Waals surface area (Å²) in [6, 6.07) is 5.16. The zero-order valence-electron chi connectivity index (χ0n) is 10.1. The van der Waals surface area contributed by atoms with Crippen molar-refractivity contribution < 1.29 is 18.3 Å². The largest absolute Gasteiger partial charge is 0.478 e. The highest BCUT2D eigenvalue weighted by atomic mass is 127. The van der Waals surface area contributed by atoms with Crippen molar-refractivity contribution in [3.8, 4) is 0 Å². The van der Waals surface area contributed by atoms with E-state index in [1.165, 1.54) is 24.4 Å². The van der Waals surface area contributed by atoms with Crippen LogP contribution in [0, 0.1) is 3.57 Å². The maximum atomic E-state index is 12.2. The minimum Gasteiger partial charge on any atom is -0.478 e. The van der Waals surface area contributed by atoms with Gasteiger partial charge in [-0.25, -0.2) is 27.9 Å². The number of benzene rings is 1. The van der Waals surface area contributed by atoms with E-state index in [1.54, 1.807) is 0 Å². The monoisotopic (exact) mass is 439 g/mol. The fourth-order valence-corrected chi connectivity index (χ4v) is 3.08. The number of hydrogen-bond acceptors (Lipinski definition) is 5. The Bertz CT molecular complexity index is 813. The summed E-state index contributed by atoms with van der Waals surface area (Å²) in [5, 5.41) is 9.10. The first-order chi connectivity index (χ1) is 9.79. The fourth-order valence-electron chi connectivity index (χ4n) is 1.40. The van der Waals surface area contributed by atoms with Crippen LogP contribution >= 0.6 is 34.2 Å². The minimum absolute atomic E-state index is 0.0801. The molecule has 2 rings (SSSR count). The lowest BCUT2D eigenvalue weighted by Gasteiger charge is -2.08. The first-order valence-corrected chi connectivity index (χ1v) is 8.28. The Morgan fingerprint density at radius 3 is 2.67 bits per heavy atom. The van der Waals surface area contributed by atoms with Gasteiger partial charge in [0.05, 0.1) is 10.5 Å². The van der Waals surface area contributed by atoms with Gasteiger partial charge in [-0.15, -0.1) is 0 Å². The summed E-state index contributed by atoms with van der Waals surface area (Å²) in [6.07, 6.45) is 1.30. The molecule has 0 aliphatic rings. The molecule has 1 aromatic heterocycles. The van der Waals surface area contributed by atoms with Gasteiger partial charge in [-0.1, -0.05) is 11.6 Å². The molecule has 0 atom stereocenters. The van der Waals surface area contributed by atoms with Crippen molar-refractivity contribution in [1.82, 2.24) is 9.97 Å². The van der Waals surface area contributed by atoms with Crippen LogP contribution in [0.25, 0.3) is 0 Å². The number of nitrogens with zero attached hydrogens (tertiary/aromatic N) is 2. The number of anilines is 1. The van der Waals surface area contributed by atoms with Gasteiger partial charge in [0, 0.05) is 9.77 Å². The summed E-state index contributed by atoms with van der Waals surface area (Å²) in [5.41, 5.74) is -0.106. The van der Waals surface area contributed by atoms with Gasteiger partial charge in [-0.3, -0.25) is 0 Å². The molecule has 110 valence electrons. The summed E-state index contributed by atoms with van der Waals surface area (Å²) in [5.74, 6) is -1.41. The molecule has 0 saturated carbocycles. The van der Waals surface area contributed by atoms with Gasteiger partial charge >= 0.3 is 5.97 Å². The smallest absolute Gasteiger partial charge is 0.336 e. The zero-order chi connectivity index (χ0) is 15.6. The quantitative estimate of drug-likeness (QED) is 0.558. The Morgan fingerprint density at radius 1 is 1.33 bits per heavy atom. The molecule has 2 N–H and O–H groups in total. The van der Waals surface area contributed by atoms with Crippen LogP contribution in [0.3, 0.4) is 0 Å². The Kier molecular flexibility index (Phi) is 4.64. The number of rotatable bonds is 4. The van der Waals surface area contributed by atoms with E-state index in [-0.39, 0.29) is 21.6 Å². The molecule has 0 amide bonds. The summed E-state index contributed by atoms with van der Waals surface area (Å²) >= 11 is 7.45. The highest BCUT2D eigenvalue weighted by Crippen LogP contribution is 2.20. The lowest BCUT2D eigenvalue weighted by Crippen LogP contribution is -2.16. The third kappa shape index (κ3) is 3.80. The SMILES string of the molecule is O=C(O)c1cc(S(=O)(=O)Nc2nccc(Cl)n2)ccc1I. The maximum absolute atomic E-state index is 12.2. The fraction of sp³-hybridized carbons (Fsp3) is 0. The van der Waals surface area contributed by atoms with Crippen molar-refractivity contribution >= 4 is 56.1 Å². The molecule has 0 spiro atoms. The van der Waals surface area contributed by atoms with Crippen LogP contribution < -0.4 is 4.72 Å². The van der Waals surface area contributed by atoms with Crippen LogP contribution in [0.5, 0.6) is 0 Å². The number of sulfonamides is 1. The summed E-state index contributed by atoms with van der Waals surface area (Å²) in [4.78, 5) is 18.3. The van der Waals surface area contributed by atoms with Crippen LogP contribution in [0.2, 0.25) is 5.15 Å². The van der Waals surface area contributed by atoms with E-state index in [9.17, 15) is 13.2 Å². The van der Waals surface area contributed by atoms with E-state index in [1.807, 2.05) is 22.6 Å².